The third-order valence-electron chi connectivity index (χ3n) is 3.96. The van der Waals surface area contributed by atoms with Crippen molar-refractivity contribution >= 4 is 22.4 Å². The quantitative estimate of drug-likeness (QED) is 0.905. The number of carbonyl (C=O) groups is 1. The number of carboxylic acids is 1. The highest BCUT2D eigenvalue weighted by Crippen LogP contribution is 2.33. The largest absolute Gasteiger partial charge is 0.477 e. The van der Waals surface area contributed by atoms with Crippen LogP contribution in [0.2, 0.25) is 0 Å². The van der Waals surface area contributed by atoms with Crippen molar-refractivity contribution in [3.05, 3.63) is 10.6 Å². The Morgan fingerprint density at radius 3 is 2.70 bits per heavy atom. The topological polar surface area (TPSA) is 62.7 Å². The molecule has 5 nitrogen and oxygen atoms in total. The standard InChI is InChI=1S/C14H22N2O3S/c1-4-9(2)11-12(13(17)18)20-14(15-11)16-7-5-10(19-3)6-8-16/h9-10H,4-8H2,1-3H3,(H,17,18). The lowest BCUT2D eigenvalue weighted by molar-refractivity contribution is 0.0700. The van der Waals surface area contributed by atoms with E-state index in [1.165, 1.54) is 11.3 Å². The van der Waals surface area contributed by atoms with Crippen LogP contribution in [0.4, 0.5) is 5.13 Å². The molecule has 1 fully saturated rings. The Hall–Kier alpha value is -1.14. The SMILES string of the molecule is CCC(C)c1nc(N2CCC(OC)CC2)sc1C(=O)O. The van der Waals surface area contributed by atoms with Gasteiger partial charge < -0.3 is 14.7 Å². The Morgan fingerprint density at radius 2 is 2.20 bits per heavy atom. The summed E-state index contributed by atoms with van der Waals surface area (Å²) in [5.41, 5.74) is 0.730. The molecule has 1 unspecified atom stereocenters. The van der Waals surface area contributed by atoms with Crippen molar-refractivity contribution in [1.29, 1.82) is 0 Å². The van der Waals surface area contributed by atoms with Crippen molar-refractivity contribution in [3.8, 4) is 0 Å². The number of hydrogen-bond acceptors (Lipinski definition) is 5. The second-order valence-electron chi connectivity index (χ2n) is 5.25. The maximum atomic E-state index is 11.4. The number of thiazole rings is 1. The Balaban J connectivity index is 2.19. The molecule has 0 bridgehead atoms. The fourth-order valence-corrected chi connectivity index (χ4v) is 3.50. The number of hydrogen-bond donors (Lipinski definition) is 1. The second kappa shape index (κ2) is 6.54. The minimum atomic E-state index is -0.865. The van der Waals surface area contributed by atoms with Crippen molar-refractivity contribution in [1.82, 2.24) is 4.98 Å². The highest BCUT2D eigenvalue weighted by atomic mass is 32.1. The Kier molecular flexibility index (Phi) is 4.99. The van der Waals surface area contributed by atoms with Gasteiger partial charge in [-0.25, -0.2) is 9.78 Å². The molecule has 2 rings (SSSR count). The Labute approximate surface area is 123 Å². The highest BCUT2D eigenvalue weighted by molar-refractivity contribution is 7.17. The van der Waals surface area contributed by atoms with E-state index in [1.807, 2.05) is 6.92 Å². The number of anilines is 1. The number of nitrogens with zero attached hydrogens (tertiary/aromatic N) is 2. The molecule has 6 heteroatoms. The number of ether oxygens (including phenoxy) is 1. The Bertz CT molecular complexity index is 467. The molecule has 0 radical (unpaired) electrons. The molecule has 1 aliphatic rings. The van der Waals surface area contributed by atoms with Crippen molar-refractivity contribution in [2.75, 3.05) is 25.1 Å². The van der Waals surface area contributed by atoms with Crippen molar-refractivity contribution in [3.63, 3.8) is 0 Å². The van der Waals surface area contributed by atoms with E-state index in [2.05, 4.69) is 16.8 Å². The van der Waals surface area contributed by atoms with E-state index in [4.69, 9.17) is 4.74 Å². The molecule has 0 aromatic carbocycles. The minimum absolute atomic E-state index is 0.183. The number of rotatable bonds is 5. The van der Waals surface area contributed by atoms with Crippen LogP contribution >= 0.6 is 11.3 Å². The first kappa shape index (κ1) is 15.3. The molecule has 0 spiro atoms. The van der Waals surface area contributed by atoms with Gasteiger partial charge >= 0.3 is 5.97 Å². The van der Waals surface area contributed by atoms with Crippen molar-refractivity contribution in [2.24, 2.45) is 0 Å². The molecule has 0 amide bonds. The molecule has 1 aromatic heterocycles. The van der Waals surface area contributed by atoms with Crippen LogP contribution in [0.25, 0.3) is 0 Å². The van der Waals surface area contributed by atoms with E-state index in [-0.39, 0.29) is 5.92 Å². The van der Waals surface area contributed by atoms with Crippen LogP contribution in [0, 0.1) is 0 Å². The first-order valence-electron chi connectivity index (χ1n) is 7.08. The van der Waals surface area contributed by atoms with Crippen LogP contribution < -0.4 is 4.90 Å². The molecule has 112 valence electrons. The third kappa shape index (κ3) is 3.12. The number of methoxy groups -OCH3 is 1. The summed E-state index contributed by atoms with van der Waals surface area (Å²) in [6.45, 7) is 5.85. The van der Waals surface area contributed by atoms with E-state index in [9.17, 15) is 9.90 Å². The fraction of sp³-hybridized carbons (Fsp3) is 0.714. The van der Waals surface area contributed by atoms with E-state index >= 15 is 0 Å². The molecule has 1 aromatic rings. The number of carboxylic acid groups (broad SMARTS) is 1. The Morgan fingerprint density at radius 1 is 1.55 bits per heavy atom. The zero-order valence-electron chi connectivity index (χ0n) is 12.3. The van der Waals surface area contributed by atoms with Gasteiger partial charge in [-0.15, -0.1) is 0 Å². The summed E-state index contributed by atoms with van der Waals surface area (Å²) < 4.78 is 5.36. The van der Waals surface area contributed by atoms with Crippen molar-refractivity contribution in [2.45, 2.75) is 45.1 Å². The molecule has 1 saturated heterocycles. The molecule has 0 aliphatic carbocycles. The van der Waals surface area contributed by atoms with E-state index in [1.54, 1.807) is 7.11 Å². The third-order valence-corrected chi connectivity index (χ3v) is 5.08. The molecule has 1 aliphatic heterocycles. The van der Waals surface area contributed by atoms with E-state index < -0.39 is 5.97 Å². The smallest absolute Gasteiger partial charge is 0.347 e. The van der Waals surface area contributed by atoms with Gasteiger partial charge in [0.05, 0.1) is 11.8 Å². The predicted molar refractivity (Wildman–Crippen MR) is 80.0 cm³/mol. The maximum Gasteiger partial charge on any atom is 0.347 e. The molecule has 0 saturated carbocycles. The number of piperidine rings is 1. The van der Waals surface area contributed by atoms with Gasteiger partial charge in [0.15, 0.2) is 5.13 Å². The normalized spacial score (nSPS) is 18.2. The van der Waals surface area contributed by atoms with Gasteiger partial charge in [-0.2, -0.15) is 0 Å². The summed E-state index contributed by atoms with van der Waals surface area (Å²) in [7, 11) is 1.74. The van der Waals surface area contributed by atoms with Gasteiger partial charge in [0.2, 0.25) is 0 Å². The molecular formula is C14H22N2O3S. The van der Waals surface area contributed by atoms with Gasteiger partial charge in [0.1, 0.15) is 4.88 Å². The van der Waals surface area contributed by atoms with Gasteiger partial charge in [0, 0.05) is 20.2 Å². The number of aromatic carboxylic acids is 1. The van der Waals surface area contributed by atoms with Crippen LogP contribution in [0.3, 0.4) is 0 Å². The monoisotopic (exact) mass is 298 g/mol. The summed E-state index contributed by atoms with van der Waals surface area (Å²) in [5.74, 6) is -0.682. The highest BCUT2D eigenvalue weighted by Gasteiger charge is 2.26. The van der Waals surface area contributed by atoms with Crippen LogP contribution in [-0.2, 0) is 4.74 Å². The summed E-state index contributed by atoms with van der Waals surface area (Å²) in [6.07, 6.45) is 3.16. The van der Waals surface area contributed by atoms with Crippen molar-refractivity contribution < 1.29 is 14.6 Å². The van der Waals surface area contributed by atoms with Gasteiger partial charge in [0.25, 0.3) is 0 Å². The number of aromatic nitrogens is 1. The van der Waals surface area contributed by atoms with E-state index in [0.29, 0.717) is 11.0 Å². The lowest BCUT2D eigenvalue weighted by Crippen LogP contribution is -2.36. The first-order valence-corrected chi connectivity index (χ1v) is 7.90. The van der Waals surface area contributed by atoms with Gasteiger partial charge in [-0.1, -0.05) is 25.2 Å². The lowest BCUT2D eigenvalue weighted by Gasteiger charge is -2.30. The maximum absolute atomic E-state index is 11.4. The summed E-state index contributed by atoms with van der Waals surface area (Å²) in [4.78, 5) is 18.5. The average Bonchev–Trinajstić information content (AvgIpc) is 2.92. The van der Waals surface area contributed by atoms with Gasteiger partial charge in [-0.3, -0.25) is 0 Å². The summed E-state index contributed by atoms with van der Waals surface area (Å²) in [6, 6.07) is 0. The molecule has 1 N–H and O–H groups in total. The van der Waals surface area contributed by atoms with E-state index in [0.717, 1.165) is 43.2 Å². The molecule has 20 heavy (non-hydrogen) atoms. The van der Waals surface area contributed by atoms with Crippen LogP contribution in [0.5, 0.6) is 0 Å². The zero-order valence-corrected chi connectivity index (χ0v) is 13.1. The minimum Gasteiger partial charge on any atom is -0.477 e. The fourth-order valence-electron chi connectivity index (χ4n) is 2.42. The van der Waals surface area contributed by atoms with Gasteiger partial charge in [-0.05, 0) is 25.2 Å². The predicted octanol–water partition coefficient (Wildman–Crippen LogP) is 2.97. The first-order chi connectivity index (χ1) is 9.56. The summed E-state index contributed by atoms with van der Waals surface area (Å²) in [5, 5.41) is 10.2. The molecule has 1 atom stereocenters. The average molecular weight is 298 g/mol. The summed E-state index contributed by atoms with van der Waals surface area (Å²) >= 11 is 1.30. The molecule has 2 heterocycles. The lowest BCUT2D eigenvalue weighted by atomic mass is 10.0. The second-order valence-corrected chi connectivity index (χ2v) is 6.22. The zero-order chi connectivity index (χ0) is 14.7. The van der Waals surface area contributed by atoms with Crippen LogP contribution in [-0.4, -0.2) is 42.4 Å². The molecular weight excluding hydrogens is 276 g/mol. The van der Waals surface area contributed by atoms with Crippen LogP contribution in [0.1, 0.15) is 54.4 Å². The van der Waals surface area contributed by atoms with Crippen LogP contribution in [0.15, 0.2) is 0 Å².